The Labute approximate surface area is 168 Å². The molecule has 0 unspecified atom stereocenters. The quantitative estimate of drug-likeness (QED) is 0.617. The fourth-order valence-electron chi connectivity index (χ4n) is 2.68. The van der Waals surface area contributed by atoms with Gasteiger partial charge >= 0.3 is 0 Å². The summed E-state index contributed by atoms with van der Waals surface area (Å²) < 4.78 is 26.7. The maximum absolute atomic E-state index is 12.7. The van der Waals surface area contributed by atoms with E-state index in [0.717, 1.165) is 0 Å². The van der Waals surface area contributed by atoms with E-state index in [-0.39, 0.29) is 22.3 Å². The number of sulfonamides is 1. The van der Waals surface area contributed by atoms with Crippen LogP contribution in [0, 0.1) is 11.8 Å². The summed E-state index contributed by atoms with van der Waals surface area (Å²) in [5.41, 5.74) is 0.204. The zero-order valence-corrected chi connectivity index (χ0v) is 18.5. The van der Waals surface area contributed by atoms with Crippen LogP contribution in [0.4, 0.5) is 0 Å². The molecule has 0 radical (unpaired) electrons. The number of amides is 2. The lowest BCUT2D eigenvalue weighted by atomic mass is 10.0. The number of carbonyl (C=O) groups is 2. The van der Waals surface area contributed by atoms with Gasteiger partial charge in [-0.15, -0.1) is 0 Å². The molecule has 0 aliphatic carbocycles. The molecule has 0 fully saturated rings. The third kappa shape index (κ3) is 6.31. The Morgan fingerprint density at radius 1 is 1.07 bits per heavy atom. The summed E-state index contributed by atoms with van der Waals surface area (Å²) in [6, 6.07) is 5.20. The van der Waals surface area contributed by atoms with E-state index in [2.05, 4.69) is 10.6 Å². The highest BCUT2D eigenvalue weighted by molar-refractivity contribution is 7.89. The predicted octanol–water partition coefficient (Wildman–Crippen LogP) is 2.24. The van der Waals surface area contributed by atoms with Crippen molar-refractivity contribution in [2.45, 2.75) is 52.5 Å². The molecule has 158 valence electrons. The van der Waals surface area contributed by atoms with Gasteiger partial charge < -0.3 is 10.6 Å². The smallest absolute Gasteiger partial charge is 0.251 e. The van der Waals surface area contributed by atoms with Gasteiger partial charge in [0.2, 0.25) is 15.9 Å². The third-order valence-electron chi connectivity index (χ3n) is 4.36. The molecule has 0 aliphatic rings. The molecule has 0 heterocycles. The second kappa shape index (κ2) is 10.6. The van der Waals surface area contributed by atoms with Crippen LogP contribution >= 0.6 is 0 Å². The molecular formula is C20H33N3O4S. The van der Waals surface area contributed by atoms with Crippen molar-refractivity contribution in [3.63, 3.8) is 0 Å². The van der Waals surface area contributed by atoms with Crippen LogP contribution in [0.5, 0.6) is 0 Å². The molecule has 0 saturated carbocycles. The minimum atomic E-state index is -3.66. The number of carbonyl (C=O) groups excluding carboxylic acids is 2. The zero-order chi connectivity index (χ0) is 21.5. The highest BCUT2D eigenvalue weighted by atomic mass is 32.2. The van der Waals surface area contributed by atoms with Crippen molar-refractivity contribution >= 4 is 21.8 Å². The highest BCUT2D eigenvalue weighted by Crippen LogP contribution is 2.17. The standard InChI is InChI=1S/C20H33N3O4S/c1-7-23(8-2)28(26,27)17-11-9-10-16(12-17)19(24)22-18(15(5)6)20(25)21-13-14(3)4/h9-12,14-15,18H,7-8,13H2,1-6H3,(H,21,25)(H,22,24)/t18-/m0/s1. The summed E-state index contributed by atoms with van der Waals surface area (Å²) in [6.07, 6.45) is 0. The molecule has 0 aliphatic heterocycles. The first kappa shape index (κ1) is 24.1. The lowest BCUT2D eigenvalue weighted by Gasteiger charge is -2.23. The minimum absolute atomic E-state index is 0.0641. The maximum Gasteiger partial charge on any atom is 0.251 e. The molecule has 1 atom stereocenters. The Morgan fingerprint density at radius 3 is 2.18 bits per heavy atom. The third-order valence-corrected chi connectivity index (χ3v) is 6.41. The molecule has 0 saturated heterocycles. The number of benzene rings is 1. The SMILES string of the molecule is CCN(CC)S(=O)(=O)c1cccc(C(=O)N[C@H](C(=O)NCC(C)C)C(C)C)c1. The van der Waals surface area contributed by atoms with E-state index in [1.807, 2.05) is 27.7 Å². The average Bonchev–Trinajstić information content (AvgIpc) is 2.64. The van der Waals surface area contributed by atoms with Gasteiger partial charge in [-0.3, -0.25) is 9.59 Å². The molecular weight excluding hydrogens is 378 g/mol. The average molecular weight is 412 g/mol. The van der Waals surface area contributed by atoms with E-state index in [1.54, 1.807) is 19.9 Å². The van der Waals surface area contributed by atoms with Crippen molar-refractivity contribution < 1.29 is 18.0 Å². The Hall–Kier alpha value is -1.93. The summed E-state index contributed by atoms with van der Waals surface area (Å²) in [6.45, 7) is 12.4. The van der Waals surface area contributed by atoms with Crippen LogP contribution in [0.15, 0.2) is 29.2 Å². The second-order valence-corrected chi connectivity index (χ2v) is 9.39. The van der Waals surface area contributed by atoms with Crippen molar-refractivity contribution in [3.8, 4) is 0 Å². The van der Waals surface area contributed by atoms with Gasteiger partial charge in [0.1, 0.15) is 6.04 Å². The van der Waals surface area contributed by atoms with E-state index in [1.165, 1.54) is 22.5 Å². The van der Waals surface area contributed by atoms with Crippen LogP contribution in [-0.4, -0.2) is 50.2 Å². The molecule has 28 heavy (non-hydrogen) atoms. The highest BCUT2D eigenvalue weighted by Gasteiger charge is 2.26. The van der Waals surface area contributed by atoms with Gasteiger partial charge in [-0.2, -0.15) is 4.31 Å². The number of hydrogen-bond donors (Lipinski definition) is 2. The van der Waals surface area contributed by atoms with E-state index in [0.29, 0.717) is 25.6 Å². The molecule has 1 aromatic carbocycles. The van der Waals surface area contributed by atoms with Gasteiger partial charge in [-0.05, 0) is 30.0 Å². The van der Waals surface area contributed by atoms with Gasteiger partial charge in [0.05, 0.1) is 4.90 Å². The van der Waals surface area contributed by atoms with Crippen LogP contribution in [0.3, 0.4) is 0 Å². The van der Waals surface area contributed by atoms with Crippen molar-refractivity contribution in [2.75, 3.05) is 19.6 Å². The normalized spacial score (nSPS) is 13.0. The fraction of sp³-hybridized carbons (Fsp3) is 0.600. The molecule has 1 rings (SSSR count). The van der Waals surface area contributed by atoms with Gasteiger partial charge in [-0.1, -0.05) is 47.6 Å². The van der Waals surface area contributed by atoms with Crippen LogP contribution in [0.1, 0.15) is 51.9 Å². The zero-order valence-electron chi connectivity index (χ0n) is 17.7. The molecule has 2 amide bonds. The second-order valence-electron chi connectivity index (χ2n) is 7.45. The molecule has 7 nitrogen and oxygen atoms in total. The van der Waals surface area contributed by atoms with Crippen LogP contribution in [0.2, 0.25) is 0 Å². The van der Waals surface area contributed by atoms with E-state index >= 15 is 0 Å². The predicted molar refractivity (Wildman–Crippen MR) is 110 cm³/mol. The van der Waals surface area contributed by atoms with Gasteiger partial charge in [0.25, 0.3) is 5.91 Å². The number of nitrogens with one attached hydrogen (secondary N) is 2. The van der Waals surface area contributed by atoms with E-state index < -0.39 is 22.0 Å². The lowest BCUT2D eigenvalue weighted by molar-refractivity contribution is -0.124. The molecule has 0 bridgehead atoms. The number of nitrogens with zero attached hydrogens (tertiary/aromatic N) is 1. The van der Waals surface area contributed by atoms with Crippen molar-refractivity contribution in [1.29, 1.82) is 0 Å². The van der Waals surface area contributed by atoms with Gasteiger partial charge in [0.15, 0.2) is 0 Å². The molecule has 8 heteroatoms. The first-order chi connectivity index (χ1) is 13.0. The first-order valence-electron chi connectivity index (χ1n) is 9.73. The Balaban J connectivity index is 3.04. The summed E-state index contributed by atoms with van der Waals surface area (Å²) in [5, 5.41) is 5.56. The number of rotatable bonds is 10. The first-order valence-corrected chi connectivity index (χ1v) is 11.2. The minimum Gasteiger partial charge on any atom is -0.354 e. The van der Waals surface area contributed by atoms with Crippen molar-refractivity contribution in [3.05, 3.63) is 29.8 Å². The Bertz CT molecular complexity index is 771. The van der Waals surface area contributed by atoms with Gasteiger partial charge in [0, 0.05) is 25.2 Å². The monoisotopic (exact) mass is 411 g/mol. The summed E-state index contributed by atoms with van der Waals surface area (Å²) in [7, 11) is -3.66. The van der Waals surface area contributed by atoms with E-state index in [9.17, 15) is 18.0 Å². The Kier molecular flexibility index (Phi) is 9.10. The van der Waals surface area contributed by atoms with Crippen molar-refractivity contribution in [2.24, 2.45) is 11.8 Å². The van der Waals surface area contributed by atoms with E-state index in [4.69, 9.17) is 0 Å². The van der Waals surface area contributed by atoms with Crippen LogP contribution in [-0.2, 0) is 14.8 Å². The fourth-order valence-corrected chi connectivity index (χ4v) is 4.19. The van der Waals surface area contributed by atoms with Crippen molar-refractivity contribution in [1.82, 2.24) is 14.9 Å². The summed E-state index contributed by atoms with van der Waals surface area (Å²) in [4.78, 5) is 25.2. The molecule has 1 aromatic rings. The largest absolute Gasteiger partial charge is 0.354 e. The summed E-state index contributed by atoms with van der Waals surface area (Å²) in [5.74, 6) is -0.535. The Morgan fingerprint density at radius 2 is 1.68 bits per heavy atom. The lowest BCUT2D eigenvalue weighted by Crippen LogP contribution is -2.50. The molecule has 0 aromatic heterocycles. The maximum atomic E-state index is 12.7. The molecule has 2 N–H and O–H groups in total. The van der Waals surface area contributed by atoms with Crippen LogP contribution < -0.4 is 10.6 Å². The molecule has 0 spiro atoms. The topological polar surface area (TPSA) is 95.6 Å². The summed E-state index contributed by atoms with van der Waals surface area (Å²) >= 11 is 0. The number of hydrogen-bond acceptors (Lipinski definition) is 4. The van der Waals surface area contributed by atoms with Crippen LogP contribution in [0.25, 0.3) is 0 Å². The van der Waals surface area contributed by atoms with Gasteiger partial charge in [-0.25, -0.2) is 8.42 Å².